The molecule has 2 aromatic carbocycles. The van der Waals surface area contributed by atoms with E-state index >= 15 is 0 Å². The molecule has 0 atom stereocenters. The van der Waals surface area contributed by atoms with Crippen LogP contribution in [-0.4, -0.2) is 25.7 Å². The number of hydrazone groups is 1. The van der Waals surface area contributed by atoms with Gasteiger partial charge in [-0.1, -0.05) is 29.8 Å². The standard InChI is InChI=1S/C21H17ClN6O2/c1-13-14(2)27(17-7-4-6-16(22)10-17)21-19(13)20(23-12-24-21)26-25-11-15-5-3-8-18(9-15)28(29)30/h3-12H,1-2H3,(H,23,24,26). The average Bonchev–Trinajstić information content (AvgIpc) is 2.99. The summed E-state index contributed by atoms with van der Waals surface area (Å²) in [5, 5.41) is 16.6. The van der Waals surface area contributed by atoms with E-state index < -0.39 is 4.92 Å². The van der Waals surface area contributed by atoms with Crippen LogP contribution in [-0.2, 0) is 0 Å². The number of nitro groups is 1. The Morgan fingerprint density at radius 2 is 1.97 bits per heavy atom. The van der Waals surface area contributed by atoms with Crippen LogP contribution in [0.2, 0.25) is 5.02 Å². The molecule has 1 N–H and O–H groups in total. The summed E-state index contributed by atoms with van der Waals surface area (Å²) in [7, 11) is 0. The summed E-state index contributed by atoms with van der Waals surface area (Å²) < 4.78 is 2.02. The van der Waals surface area contributed by atoms with E-state index in [1.54, 1.807) is 12.1 Å². The number of hydrogen-bond acceptors (Lipinski definition) is 6. The summed E-state index contributed by atoms with van der Waals surface area (Å²) >= 11 is 6.17. The Morgan fingerprint density at radius 1 is 1.17 bits per heavy atom. The predicted molar refractivity (Wildman–Crippen MR) is 118 cm³/mol. The van der Waals surface area contributed by atoms with Crippen LogP contribution in [0, 0.1) is 24.0 Å². The fourth-order valence-electron chi connectivity index (χ4n) is 3.30. The number of fused-ring (bicyclic) bond motifs is 1. The molecule has 0 aliphatic carbocycles. The fraction of sp³-hybridized carbons (Fsp3) is 0.0952. The van der Waals surface area contributed by atoms with E-state index in [0.717, 1.165) is 28.0 Å². The van der Waals surface area contributed by atoms with Crippen LogP contribution in [0.15, 0.2) is 60.0 Å². The van der Waals surface area contributed by atoms with E-state index in [1.165, 1.54) is 24.7 Å². The van der Waals surface area contributed by atoms with Crippen molar-refractivity contribution in [2.75, 3.05) is 5.43 Å². The minimum Gasteiger partial charge on any atom is -0.298 e. The third kappa shape index (κ3) is 3.60. The Bertz CT molecular complexity index is 1300. The minimum absolute atomic E-state index is 0.00782. The van der Waals surface area contributed by atoms with Crippen molar-refractivity contribution in [1.82, 2.24) is 14.5 Å². The lowest BCUT2D eigenvalue weighted by Gasteiger charge is -2.08. The monoisotopic (exact) mass is 420 g/mol. The van der Waals surface area contributed by atoms with Gasteiger partial charge in [-0.3, -0.25) is 20.1 Å². The van der Waals surface area contributed by atoms with Crippen molar-refractivity contribution in [1.29, 1.82) is 0 Å². The van der Waals surface area contributed by atoms with E-state index in [1.807, 2.05) is 42.7 Å². The molecule has 0 saturated carbocycles. The van der Waals surface area contributed by atoms with Gasteiger partial charge in [0, 0.05) is 34.1 Å². The number of nitrogens with zero attached hydrogens (tertiary/aromatic N) is 5. The molecule has 2 aromatic heterocycles. The molecular weight excluding hydrogens is 404 g/mol. The van der Waals surface area contributed by atoms with Crippen molar-refractivity contribution in [3.8, 4) is 5.69 Å². The number of aryl methyl sites for hydroxylation is 1. The maximum atomic E-state index is 10.9. The van der Waals surface area contributed by atoms with Crippen molar-refractivity contribution in [2.24, 2.45) is 5.10 Å². The van der Waals surface area contributed by atoms with Crippen LogP contribution in [0.1, 0.15) is 16.8 Å². The molecule has 8 nitrogen and oxygen atoms in total. The number of hydrogen-bond donors (Lipinski definition) is 1. The molecule has 2 heterocycles. The summed E-state index contributed by atoms with van der Waals surface area (Å²) in [6.45, 7) is 4.01. The number of halogens is 1. The lowest BCUT2D eigenvalue weighted by atomic mass is 10.2. The quantitative estimate of drug-likeness (QED) is 0.277. The van der Waals surface area contributed by atoms with Crippen LogP contribution in [0.25, 0.3) is 16.7 Å². The topological polar surface area (TPSA) is 98.2 Å². The van der Waals surface area contributed by atoms with E-state index in [4.69, 9.17) is 11.6 Å². The first-order chi connectivity index (χ1) is 14.5. The van der Waals surface area contributed by atoms with Crippen molar-refractivity contribution in [3.05, 3.63) is 86.8 Å². The zero-order chi connectivity index (χ0) is 21.3. The van der Waals surface area contributed by atoms with Gasteiger partial charge in [0.05, 0.1) is 16.5 Å². The summed E-state index contributed by atoms with van der Waals surface area (Å²) in [5.74, 6) is 0.544. The molecule has 30 heavy (non-hydrogen) atoms. The van der Waals surface area contributed by atoms with Crippen molar-refractivity contribution in [2.45, 2.75) is 13.8 Å². The molecule has 0 aliphatic rings. The van der Waals surface area contributed by atoms with E-state index in [0.29, 0.717) is 16.4 Å². The zero-order valence-electron chi connectivity index (χ0n) is 16.2. The van der Waals surface area contributed by atoms with Crippen LogP contribution >= 0.6 is 11.6 Å². The number of nitro benzene ring substituents is 1. The van der Waals surface area contributed by atoms with Crippen LogP contribution < -0.4 is 5.43 Å². The number of aromatic nitrogens is 3. The maximum absolute atomic E-state index is 10.9. The van der Waals surface area contributed by atoms with Gasteiger partial charge in [0.15, 0.2) is 11.5 Å². The van der Waals surface area contributed by atoms with E-state index in [9.17, 15) is 10.1 Å². The summed E-state index contributed by atoms with van der Waals surface area (Å²) in [4.78, 5) is 19.3. The molecular formula is C21H17ClN6O2. The Hall–Kier alpha value is -3.78. The molecule has 0 radical (unpaired) electrons. The van der Waals surface area contributed by atoms with Crippen molar-refractivity contribution < 1.29 is 4.92 Å². The molecule has 0 saturated heterocycles. The van der Waals surface area contributed by atoms with Gasteiger partial charge < -0.3 is 0 Å². The largest absolute Gasteiger partial charge is 0.298 e. The Kier molecular flexibility index (Phi) is 5.16. The molecule has 0 bridgehead atoms. The normalized spacial score (nSPS) is 11.3. The lowest BCUT2D eigenvalue weighted by Crippen LogP contribution is -1.99. The Balaban J connectivity index is 1.72. The minimum atomic E-state index is -0.441. The first kappa shape index (κ1) is 19.5. The number of non-ortho nitro benzene ring substituents is 1. The Labute approximate surface area is 177 Å². The van der Waals surface area contributed by atoms with Gasteiger partial charge in [0.1, 0.15) is 6.33 Å². The molecule has 0 spiro atoms. The van der Waals surface area contributed by atoms with Gasteiger partial charge in [0.2, 0.25) is 0 Å². The van der Waals surface area contributed by atoms with Crippen LogP contribution in [0.3, 0.4) is 0 Å². The third-order valence-corrected chi connectivity index (χ3v) is 5.06. The van der Waals surface area contributed by atoms with Gasteiger partial charge in [-0.15, -0.1) is 0 Å². The molecule has 9 heteroatoms. The Morgan fingerprint density at radius 3 is 2.73 bits per heavy atom. The first-order valence-electron chi connectivity index (χ1n) is 9.08. The number of anilines is 1. The van der Waals surface area contributed by atoms with Gasteiger partial charge in [-0.05, 0) is 37.6 Å². The SMILES string of the molecule is Cc1c(C)n(-c2cccc(Cl)c2)c2ncnc(NN=Cc3cccc([N+](=O)[O-])c3)c12. The predicted octanol–water partition coefficient (Wildman–Crippen LogP) is 5.04. The number of rotatable bonds is 5. The molecule has 0 unspecified atom stereocenters. The highest BCUT2D eigenvalue weighted by atomic mass is 35.5. The van der Waals surface area contributed by atoms with Crippen molar-refractivity contribution >= 4 is 40.4 Å². The highest BCUT2D eigenvalue weighted by molar-refractivity contribution is 6.30. The molecule has 0 amide bonds. The second kappa shape index (κ2) is 7.92. The molecule has 150 valence electrons. The van der Waals surface area contributed by atoms with E-state index in [-0.39, 0.29) is 5.69 Å². The summed E-state index contributed by atoms with van der Waals surface area (Å²) in [5.41, 5.74) is 7.21. The second-order valence-corrected chi connectivity index (χ2v) is 7.11. The smallest absolute Gasteiger partial charge is 0.270 e. The third-order valence-electron chi connectivity index (χ3n) is 4.82. The average molecular weight is 421 g/mol. The summed E-state index contributed by atoms with van der Waals surface area (Å²) in [6, 6.07) is 13.8. The van der Waals surface area contributed by atoms with Crippen LogP contribution in [0.5, 0.6) is 0 Å². The maximum Gasteiger partial charge on any atom is 0.270 e. The fourth-order valence-corrected chi connectivity index (χ4v) is 3.49. The zero-order valence-corrected chi connectivity index (χ0v) is 17.0. The molecule has 4 rings (SSSR count). The molecule has 0 aliphatic heterocycles. The first-order valence-corrected chi connectivity index (χ1v) is 9.45. The molecule has 0 fully saturated rings. The van der Waals surface area contributed by atoms with E-state index in [2.05, 4.69) is 20.5 Å². The van der Waals surface area contributed by atoms with Crippen LogP contribution in [0.4, 0.5) is 11.5 Å². The van der Waals surface area contributed by atoms with Gasteiger partial charge in [0.25, 0.3) is 5.69 Å². The second-order valence-electron chi connectivity index (χ2n) is 6.67. The van der Waals surface area contributed by atoms with Gasteiger partial charge in [-0.2, -0.15) is 5.10 Å². The van der Waals surface area contributed by atoms with Gasteiger partial charge >= 0.3 is 0 Å². The van der Waals surface area contributed by atoms with Crippen molar-refractivity contribution in [3.63, 3.8) is 0 Å². The highest BCUT2D eigenvalue weighted by Gasteiger charge is 2.17. The number of nitrogens with one attached hydrogen (secondary N) is 1. The molecule has 4 aromatic rings. The number of benzene rings is 2. The summed E-state index contributed by atoms with van der Waals surface area (Å²) in [6.07, 6.45) is 2.98. The highest BCUT2D eigenvalue weighted by Crippen LogP contribution is 2.31. The van der Waals surface area contributed by atoms with Gasteiger partial charge in [-0.25, -0.2) is 9.97 Å². The lowest BCUT2D eigenvalue weighted by molar-refractivity contribution is -0.384.